The van der Waals surface area contributed by atoms with Crippen molar-refractivity contribution >= 4 is 44.4 Å². The second kappa shape index (κ2) is 10.9. The van der Waals surface area contributed by atoms with Gasteiger partial charge in [0.15, 0.2) is 0 Å². The second-order valence-electron chi connectivity index (χ2n) is 13.1. The number of hydrogen-bond acceptors (Lipinski definition) is 2. The van der Waals surface area contributed by atoms with Gasteiger partial charge in [-0.2, -0.15) is 0 Å². The topological polar surface area (TPSA) is 35.1 Å². The molecule has 4 heteroatoms. The summed E-state index contributed by atoms with van der Waals surface area (Å²) in [6, 6.07) is 53.9. The molecule has 49 heavy (non-hydrogen) atoms. The molecule has 0 fully saturated rings. The molecule has 4 aromatic heterocycles. The molecule has 4 nitrogen and oxygen atoms in total. The molecule has 0 radical (unpaired) electrons. The molecule has 1 aliphatic carbocycles. The van der Waals surface area contributed by atoms with Gasteiger partial charge in [0.25, 0.3) is 0 Å². The second-order valence-corrected chi connectivity index (χ2v) is 13.1. The highest BCUT2D eigenvalue weighted by Crippen LogP contribution is 2.46. The maximum absolute atomic E-state index is 5.38. The Labute approximate surface area is 284 Å². The maximum Gasteiger partial charge on any atom is 0.147 e. The van der Waals surface area contributed by atoms with E-state index in [1.807, 2.05) is 0 Å². The fourth-order valence-electron chi connectivity index (χ4n) is 7.96. The van der Waals surface area contributed by atoms with Gasteiger partial charge >= 0.3 is 0 Å². The first-order valence-corrected chi connectivity index (χ1v) is 17.0. The zero-order valence-electron chi connectivity index (χ0n) is 27.0. The molecule has 0 saturated heterocycles. The molecule has 0 aliphatic heterocycles. The van der Waals surface area contributed by atoms with Gasteiger partial charge in [0, 0.05) is 45.1 Å². The lowest BCUT2D eigenvalue weighted by Crippen LogP contribution is -2.17. The summed E-state index contributed by atoms with van der Waals surface area (Å²) >= 11 is 0. The van der Waals surface area contributed by atoms with Gasteiger partial charge in [-0.15, -0.1) is 0 Å². The molecule has 9 aromatic rings. The van der Waals surface area contributed by atoms with Crippen molar-refractivity contribution < 1.29 is 0 Å². The van der Waals surface area contributed by atoms with E-state index in [9.17, 15) is 0 Å². The van der Waals surface area contributed by atoms with Gasteiger partial charge < -0.3 is 0 Å². The molecule has 10 rings (SSSR count). The Bertz CT molecular complexity index is 2680. The van der Waals surface area contributed by atoms with Crippen LogP contribution in [0.4, 0.5) is 0 Å². The van der Waals surface area contributed by atoms with Crippen molar-refractivity contribution in [2.75, 3.05) is 0 Å². The third-order valence-corrected chi connectivity index (χ3v) is 10.3. The lowest BCUT2D eigenvalue weighted by Gasteiger charge is -2.28. The van der Waals surface area contributed by atoms with E-state index in [2.05, 4.69) is 180 Å². The van der Waals surface area contributed by atoms with Gasteiger partial charge in [-0.05, 0) is 52.9 Å². The molecule has 0 spiro atoms. The highest BCUT2D eigenvalue weighted by atomic mass is 15.2. The predicted octanol–water partition coefficient (Wildman–Crippen LogP) is 11.2. The van der Waals surface area contributed by atoms with Crippen LogP contribution in [0.3, 0.4) is 0 Å². The van der Waals surface area contributed by atoms with Gasteiger partial charge in [-0.25, -0.2) is 4.98 Å². The Morgan fingerprint density at radius 3 is 2.06 bits per heavy atom. The first-order valence-electron chi connectivity index (χ1n) is 17.0. The monoisotopic (exact) mass is 628 g/mol. The van der Waals surface area contributed by atoms with Crippen molar-refractivity contribution in [3.63, 3.8) is 0 Å². The summed E-state index contributed by atoms with van der Waals surface area (Å²) < 4.78 is 4.85. The summed E-state index contributed by atoms with van der Waals surface area (Å²) in [5.74, 6) is 1.29. The van der Waals surface area contributed by atoms with Gasteiger partial charge in [0.1, 0.15) is 11.5 Å². The van der Waals surface area contributed by atoms with Gasteiger partial charge in [0.05, 0.1) is 22.2 Å². The van der Waals surface area contributed by atoms with E-state index in [1.54, 1.807) is 0 Å². The van der Waals surface area contributed by atoms with Crippen LogP contribution in [0, 0.1) is 0 Å². The average molecular weight is 629 g/mol. The van der Waals surface area contributed by atoms with Crippen LogP contribution in [-0.4, -0.2) is 18.9 Å². The summed E-state index contributed by atoms with van der Waals surface area (Å²) in [7, 11) is 0. The molecule has 0 bridgehead atoms. The molecule has 2 atom stereocenters. The van der Waals surface area contributed by atoms with Crippen molar-refractivity contribution in [3.8, 4) is 28.2 Å². The van der Waals surface area contributed by atoms with Gasteiger partial charge in [0.2, 0.25) is 0 Å². The van der Waals surface area contributed by atoms with E-state index in [0.717, 1.165) is 44.8 Å². The van der Waals surface area contributed by atoms with E-state index in [1.165, 1.54) is 38.7 Å². The molecule has 232 valence electrons. The lowest BCUT2D eigenvalue weighted by molar-refractivity contribution is 0.623. The molecule has 0 saturated carbocycles. The van der Waals surface area contributed by atoms with Crippen LogP contribution in [0.15, 0.2) is 158 Å². The van der Waals surface area contributed by atoms with Crippen LogP contribution in [0.2, 0.25) is 0 Å². The highest BCUT2D eigenvalue weighted by Gasteiger charge is 2.32. The Kier molecular flexibility index (Phi) is 6.18. The molecule has 2 unspecified atom stereocenters. The normalized spacial score (nSPS) is 15.8. The quantitative estimate of drug-likeness (QED) is 0.194. The van der Waals surface area contributed by atoms with E-state index < -0.39 is 0 Å². The summed E-state index contributed by atoms with van der Waals surface area (Å²) in [5, 5.41) is 3.57. The van der Waals surface area contributed by atoms with Crippen molar-refractivity contribution in [2.45, 2.75) is 18.8 Å². The molecular formula is C45H32N4. The van der Waals surface area contributed by atoms with Crippen LogP contribution in [0.5, 0.6) is 0 Å². The Balaban J connectivity index is 1.23. The molecule has 4 heterocycles. The number of benzene rings is 5. The van der Waals surface area contributed by atoms with Crippen molar-refractivity contribution in [2.24, 2.45) is 0 Å². The van der Waals surface area contributed by atoms with E-state index in [4.69, 9.17) is 9.97 Å². The van der Waals surface area contributed by atoms with E-state index in [0.29, 0.717) is 0 Å². The Hall–Kier alpha value is -6.26. The average Bonchev–Trinajstić information content (AvgIpc) is 3.73. The van der Waals surface area contributed by atoms with Crippen molar-refractivity contribution in [3.05, 3.63) is 175 Å². The molecular weight excluding hydrogens is 597 g/mol. The third kappa shape index (κ3) is 4.31. The van der Waals surface area contributed by atoms with Gasteiger partial charge in [-0.3, -0.25) is 14.0 Å². The van der Waals surface area contributed by atoms with Crippen LogP contribution in [0.25, 0.3) is 72.6 Å². The van der Waals surface area contributed by atoms with Crippen LogP contribution in [0.1, 0.15) is 35.7 Å². The minimum absolute atomic E-state index is 0.0668. The number of hydrogen-bond donors (Lipinski definition) is 0. The molecule has 0 amide bonds. The van der Waals surface area contributed by atoms with E-state index in [-0.39, 0.29) is 11.8 Å². The number of allylic oxidation sites excluding steroid dienone is 1. The SMILES string of the molecule is CC1c2c(c3ccccc3n2-c2cc3ccccc3c3nc4ccccc4n23)C=CC1c1cc(-c2ccccc2)cc(-c2ccccc2)n1. The zero-order valence-corrected chi connectivity index (χ0v) is 27.0. The summed E-state index contributed by atoms with van der Waals surface area (Å²) in [5.41, 5.74) is 12.4. The number of pyridine rings is 2. The number of aromatic nitrogens is 4. The smallest absolute Gasteiger partial charge is 0.147 e. The number of nitrogens with zero attached hydrogens (tertiary/aromatic N) is 4. The summed E-state index contributed by atoms with van der Waals surface area (Å²) in [4.78, 5) is 10.6. The zero-order chi connectivity index (χ0) is 32.5. The highest BCUT2D eigenvalue weighted by molar-refractivity contribution is 6.01. The van der Waals surface area contributed by atoms with Crippen molar-refractivity contribution in [1.82, 2.24) is 18.9 Å². The first kappa shape index (κ1) is 27.8. The van der Waals surface area contributed by atoms with Crippen LogP contribution >= 0.6 is 0 Å². The van der Waals surface area contributed by atoms with Crippen LogP contribution in [-0.2, 0) is 0 Å². The molecule has 0 N–H and O–H groups in total. The summed E-state index contributed by atoms with van der Waals surface area (Å²) in [6.07, 6.45) is 4.71. The van der Waals surface area contributed by atoms with Crippen molar-refractivity contribution in [1.29, 1.82) is 0 Å². The molecule has 5 aromatic carbocycles. The van der Waals surface area contributed by atoms with E-state index >= 15 is 0 Å². The Morgan fingerprint density at radius 1 is 0.571 bits per heavy atom. The third-order valence-electron chi connectivity index (χ3n) is 10.3. The fraction of sp³-hybridized carbons (Fsp3) is 0.0667. The summed E-state index contributed by atoms with van der Waals surface area (Å²) in [6.45, 7) is 2.37. The maximum atomic E-state index is 5.38. The minimum atomic E-state index is 0.0668. The lowest BCUT2D eigenvalue weighted by atomic mass is 9.81. The minimum Gasteiger partial charge on any atom is -0.298 e. The first-order chi connectivity index (χ1) is 24.2. The van der Waals surface area contributed by atoms with Crippen LogP contribution < -0.4 is 0 Å². The number of fused-ring (bicyclic) bond motifs is 8. The standard InChI is InChI=1S/C45H32N4/c1-29-34(40-27-33(30-14-4-2-5-15-30)26-39(46-40)31-16-6-3-7-17-31)24-25-37-36-20-10-12-22-41(36)48(44(29)37)43-28-32-18-8-9-19-35(32)45-47-38-21-11-13-23-42(38)49(43)45/h2-29,34H,1H3. The number of para-hydroxylation sites is 3. The molecule has 1 aliphatic rings. The Morgan fingerprint density at radius 2 is 1.24 bits per heavy atom. The number of imidazole rings is 1. The predicted molar refractivity (Wildman–Crippen MR) is 202 cm³/mol. The largest absolute Gasteiger partial charge is 0.298 e. The van der Waals surface area contributed by atoms with Gasteiger partial charge in [-0.1, -0.05) is 134 Å². The fourth-order valence-corrected chi connectivity index (χ4v) is 7.96. The number of rotatable bonds is 4.